The molecule has 0 bridgehead atoms. The Morgan fingerprint density at radius 3 is 2.19 bits per heavy atom. The highest BCUT2D eigenvalue weighted by molar-refractivity contribution is 7.95. The van der Waals surface area contributed by atoms with Gasteiger partial charge in [0, 0.05) is 0 Å². The number of sulfone groups is 1. The van der Waals surface area contributed by atoms with Crippen LogP contribution in [0.25, 0.3) is 10.8 Å². The normalized spacial score (nSPS) is 12.4. The highest BCUT2D eigenvalue weighted by atomic mass is 32.2. The summed E-state index contributed by atoms with van der Waals surface area (Å²) < 4.78 is 26.4. The molecule has 0 radical (unpaired) electrons. The molecule has 0 saturated heterocycles. The van der Waals surface area contributed by atoms with Gasteiger partial charge < -0.3 is 5.11 Å². The minimum Gasteiger partial charge on any atom is -0.382 e. The van der Waals surface area contributed by atoms with E-state index in [-0.39, 0.29) is 9.80 Å². The fourth-order valence-corrected chi connectivity index (χ4v) is 4.42. The van der Waals surface area contributed by atoms with Crippen molar-refractivity contribution in [3.05, 3.63) is 94.1 Å². The van der Waals surface area contributed by atoms with E-state index in [4.69, 9.17) is 0 Å². The van der Waals surface area contributed by atoms with Crippen LogP contribution in [0.2, 0.25) is 0 Å². The average molecular weight is 378 g/mol. The van der Waals surface area contributed by atoms with Gasteiger partial charge in [0.2, 0.25) is 9.84 Å². The summed E-state index contributed by atoms with van der Waals surface area (Å²) >= 11 is 0. The van der Waals surface area contributed by atoms with Crippen LogP contribution in [0, 0.1) is 6.92 Å². The van der Waals surface area contributed by atoms with Crippen LogP contribution in [0.3, 0.4) is 0 Å². The summed E-state index contributed by atoms with van der Waals surface area (Å²) in [4.78, 5) is 0.0123. The summed E-state index contributed by atoms with van der Waals surface area (Å²) in [5.41, 5.74) is 5.05. The molecular weight excluding hydrogens is 356 g/mol. The number of benzene rings is 3. The van der Waals surface area contributed by atoms with Crippen molar-refractivity contribution in [2.75, 3.05) is 0 Å². The minimum atomic E-state index is -3.88. The van der Waals surface area contributed by atoms with Crippen molar-refractivity contribution in [3.8, 4) is 0 Å². The molecule has 0 spiro atoms. The van der Waals surface area contributed by atoms with Gasteiger partial charge in [0.1, 0.15) is 11.0 Å². The van der Waals surface area contributed by atoms with Crippen LogP contribution in [0.5, 0.6) is 0 Å². The molecule has 138 valence electrons. The van der Waals surface area contributed by atoms with Gasteiger partial charge in [0.25, 0.3) is 0 Å². The Morgan fingerprint density at radius 2 is 1.56 bits per heavy atom. The average Bonchev–Trinajstić information content (AvgIpc) is 2.65. The Morgan fingerprint density at radius 1 is 0.926 bits per heavy atom. The first-order chi connectivity index (χ1) is 12.8. The van der Waals surface area contributed by atoms with E-state index in [1.54, 1.807) is 44.2 Å². The molecule has 3 aromatic rings. The van der Waals surface area contributed by atoms with Crippen molar-refractivity contribution in [1.82, 2.24) is 0 Å². The van der Waals surface area contributed by atoms with Gasteiger partial charge in [0.15, 0.2) is 0 Å². The zero-order valence-corrected chi connectivity index (χ0v) is 16.4. The van der Waals surface area contributed by atoms with Gasteiger partial charge in [0.05, 0.1) is 4.90 Å². The van der Waals surface area contributed by atoms with Crippen molar-refractivity contribution >= 4 is 20.6 Å². The lowest BCUT2D eigenvalue weighted by atomic mass is 10.0. The Hall–Kier alpha value is -2.65. The van der Waals surface area contributed by atoms with Crippen LogP contribution in [-0.4, -0.2) is 13.5 Å². The predicted octanol–water partition coefficient (Wildman–Crippen LogP) is 5.10. The number of rotatable bonds is 4. The molecule has 4 heteroatoms. The molecule has 0 aliphatic carbocycles. The number of aliphatic hydroxyl groups excluding tert-OH is 1. The molecule has 1 unspecified atom stereocenters. The lowest BCUT2D eigenvalue weighted by Crippen LogP contribution is -2.12. The second kappa shape index (κ2) is 7.53. The SMILES string of the molecule is CC(C)=C=C(C(O)c1ccc2ccccc2c1)S(=O)(=O)c1ccc(C)cc1. The number of fused-ring (bicyclic) bond motifs is 1. The van der Waals surface area contributed by atoms with Crippen LogP contribution in [0.4, 0.5) is 0 Å². The first-order valence-electron chi connectivity index (χ1n) is 8.71. The van der Waals surface area contributed by atoms with Crippen molar-refractivity contribution in [2.24, 2.45) is 0 Å². The molecule has 0 aromatic heterocycles. The summed E-state index contributed by atoms with van der Waals surface area (Å²) in [7, 11) is -3.88. The molecule has 1 N–H and O–H groups in total. The maximum Gasteiger partial charge on any atom is 0.212 e. The smallest absolute Gasteiger partial charge is 0.212 e. The Balaban J connectivity index is 2.14. The third kappa shape index (κ3) is 4.04. The summed E-state index contributed by atoms with van der Waals surface area (Å²) in [6.45, 7) is 5.42. The molecule has 0 aliphatic rings. The molecule has 0 fully saturated rings. The quantitative estimate of drug-likeness (QED) is 0.642. The Bertz CT molecular complexity index is 1150. The van der Waals surface area contributed by atoms with Crippen LogP contribution in [0.1, 0.15) is 31.1 Å². The van der Waals surface area contributed by atoms with Crippen LogP contribution in [-0.2, 0) is 9.84 Å². The molecule has 0 heterocycles. The summed E-state index contributed by atoms with van der Waals surface area (Å²) in [5.74, 6) is 0. The number of aryl methyl sites for hydroxylation is 1. The largest absolute Gasteiger partial charge is 0.382 e. The molecule has 1 atom stereocenters. The number of hydrogen-bond donors (Lipinski definition) is 1. The third-order valence-electron chi connectivity index (χ3n) is 4.33. The van der Waals surface area contributed by atoms with Crippen molar-refractivity contribution < 1.29 is 13.5 Å². The second-order valence-electron chi connectivity index (χ2n) is 6.81. The van der Waals surface area contributed by atoms with Crippen LogP contribution in [0.15, 0.2) is 87.8 Å². The topological polar surface area (TPSA) is 54.4 Å². The van der Waals surface area contributed by atoms with E-state index in [1.807, 2.05) is 43.3 Å². The zero-order chi connectivity index (χ0) is 19.6. The maximum atomic E-state index is 13.2. The van der Waals surface area contributed by atoms with E-state index < -0.39 is 15.9 Å². The van der Waals surface area contributed by atoms with Gasteiger partial charge in [-0.1, -0.05) is 54.1 Å². The highest BCUT2D eigenvalue weighted by Gasteiger charge is 2.28. The molecule has 3 nitrogen and oxygen atoms in total. The summed E-state index contributed by atoms with van der Waals surface area (Å²) in [6.07, 6.45) is -1.30. The van der Waals surface area contributed by atoms with Crippen LogP contribution < -0.4 is 0 Å². The molecule has 27 heavy (non-hydrogen) atoms. The van der Waals surface area contributed by atoms with E-state index >= 15 is 0 Å². The first-order valence-corrected chi connectivity index (χ1v) is 10.2. The monoisotopic (exact) mass is 378 g/mol. The number of hydrogen-bond acceptors (Lipinski definition) is 3. The summed E-state index contributed by atoms with van der Waals surface area (Å²) in [5, 5.41) is 12.9. The summed E-state index contributed by atoms with van der Waals surface area (Å²) in [6, 6.07) is 19.8. The Labute approximate surface area is 160 Å². The van der Waals surface area contributed by atoms with Gasteiger partial charge in [-0.2, -0.15) is 0 Å². The lowest BCUT2D eigenvalue weighted by Gasteiger charge is -2.15. The molecule has 3 aromatic carbocycles. The molecule has 0 amide bonds. The van der Waals surface area contributed by atoms with E-state index in [2.05, 4.69) is 5.73 Å². The van der Waals surface area contributed by atoms with E-state index in [0.29, 0.717) is 11.1 Å². The van der Waals surface area contributed by atoms with Gasteiger partial charge in [-0.3, -0.25) is 0 Å². The van der Waals surface area contributed by atoms with Gasteiger partial charge in [-0.15, -0.1) is 5.73 Å². The Kier molecular flexibility index (Phi) is 5.33. The lowest BCUT2D eigenvalue weighted by molar-refractivity contribution is 0.223. The fraction of sp³-hybridized carbons (Fsp3) is 0.174. The van der Waals surface area contributed by atoms with Crippen molar-refractivity contribution in [1.29, 1.82) is 0 Å². The molecule has 3 rings (SSSR count). The van der Waals surface area contributed by atoms with Gasteiger partial charge in [-0.25, -0.2) is 8.42 Å². The molecule has 0 saturated carbocycles. The van der Waals surface area contributed by atoms with Crippen molar-refractivity contribution in [2.45, 2.75) is 31.8 Å². The standard InChI is InChI=1S/C23H22O3S/c1-16(2)14-22(27(25,26)21-12-8-17(3)9-13-21)23(24)20-11-10-18-6-4-5-7-19(18)15-20/h4-13,15,23-24H,1-3H3. The first kappa shape index (κ1) is 19.1. The highest BCUT2D eigenvalue weighted by Crippen LogP contribution is 2.32. The van der Waals surface area contributed by atoms with Gasteiger partial charge in [-0.05, 0) is 60.9 Å². The van der Waals surface area contributed by atoms with E-state index in [9.17, 15) is 13.5 Å². The maximum absolute atomic E-state index is 13.2. The van der Waals surface area contributed by atoms with Crippen molar-refractivity contribution in [3.63, 3.8) is 0 Å². The van der Waals surface area contributed by atoms with E-state index in [0.717, 1.165) is 16.3 Å². The van der Waals surface area contributed by atoms with Crippen LogP contribution >= 0.6 is 0 Å². The molecular formula is C23H22O3S. The minimum absolute atomic E-state index is 0.137. The number of aliphatic hydroxyl groups is 1. The second-order valence-corrected chi connectivity index (χ2v) is 8.73. The predicted molar refractivity (Wildman–Crippen MR) is 109 cm³/mol. The third-order valence-corrected chi connectivity index (χ3v) is 6.13. The van der Waals surface area contributed by atoms with E-state index in [1.165, 1.54) is 0 Å². The zero-order valence-electron chi connectivity index (χ0n) is 15.6. The van der Waals surface area contributed by atoms with Gasteiger partial charge >= 0.3 is 0 Å². The fourth-order valence-electron chi connectivity index (χ4n) is 2.90. The molecule has 0 aliphatic heterocycles.